The van der Waals surface area contributed by atoms with Gasteiger partial charge in [-0.05, 0) is 36.8 Å². The quantitative estimate of drug-likeness (QED) is 0.639. The van der Waals surface area contributed by atoms with Gasteiger partial charge < -0.3 is 14.6 Å². The van der Waals surface area contributed by atoms with Crippen molar-refractivity contribution < 1.29 is 14.3 Å². The highest BCUT2D eigenvalue weighted by Crippen LogP contribution is 2.32. The number of H-pyrrole nitrogens is 1. The fraction of sp³-hybridized carbons (Fsp3) is 0.238. The highest BCUT2D eigenvalue weighted by atomic mass is 35.5. The van der Waals surface area contributed by atoms with E-state index in [1.165, 1.54) is 0 Å². The largest absolute Gasteiger partial charge is 0.378 e. The highest BCUT2D eigenvalue weighted by molar-refractivity contribution is 6.42. The van der Waals surface area contributed by atoms with Crippen LogP contribution in [0.5, 0.6) is 0 Å². The van der Waals surface area contributed by atoms with Crippen molar-refractivity contribution in [3.05, 3.63) is 68.8 Å². The maximum absolute atomic E-state index is 13.2. The van der Waals surface area contributed by atoms with Crippen molar-refractivity contribution in [3.8, 4) is 0 Å². The Bertz CT molecular complexity index is 1080. The van der Waals surface area contributed by atoms with Gasteiger partial charge in [-0.2, -0.15) is 0 Å². The minimum absolute atomic E-state index is 0.0735. The zero-order chi connectivity index (χ0) is 19.8. The molecule has 1 saturated heterocycles. The molecule has 3 aromatic rings. The number of benzene rings is 2. The van der Waals surface area contributed by atoms with E-state index in [1.54, 1.807) is 23.1 Å². The number of nitrogens with one attached hydrogen (secondary N) is 1. The summed E-state index contributed by atoms with van der Waals surface area (Å²) in [4.78, 5) is 30.8. The molecule has 4 rings (SSSR count). The van der Waals surface area contributed by atoms with Gasteiger partial charge in [0.15, 0.2) is 0 Å². The van der Waals surface area contributed by atoms with Gasteiger partial charge in [-0.15, -0.1) is 0 Å². The van der Waals surface area contributed by atoms with Gasteiger partial charge in [0.1, 0.15) is 0 Å². The van der Waals surface area contributed by atoms with Crippen molar-refractivity contribution in [3.63, 3.8) is 0 Å². The molecule has 144 valence electrons. The lowest BCUT2D eigenvalue weighted by Gasteiger charge is -2.27. The summed E-state index contributed by atoms with van der Waals surface area (Å²) in [5.41, 5.74) is 2.69. The van der Waals surface area contributed by atoms with Gasteiger partial charge in [-0.3, -0.25) is 9.59 Å². The summed E-state index contributed by atoms with van der Waals surface area (Å²) >= 11 is 12.8. The number of amides is 1. The molecule has 1 aliphatic rings. The smallest absolute Gasteiger partial charge is 0.255 e. The molecule has 28 heavy (non-hydrogen) atoms. The number of hydrogen-bond donors (Lipinski definition) is 1. The summed E-state index contributed by atoms with van der Waals surface area (Å²) in [5.74, 6) is -0.575. The van der Waals surface area contributed by atoms with E-state index in [4.69, 9.17) is 27.9 Å². The molecule has 0 spiro atoms. The lowest BCUT2D eigenvalue weighted by molar-refractivity contribution is 0.0303. The molecule has 7 heteroatoms. The first kappa shape index (κ1) is 19.0. The summed E-state index contributed by atoms with van der Waals surface area (Å²) in [6.07, 6.45) is 0. The minimum atomic E-state index is -0.345. The Kier molecular flexibility index (Phi) is 5.15. The van der Waals surface area contributed by atoms with E-state index >= 15 is 0 Å². The monoisotopic (exact) mass is 416 g/mol. The van der Waals surface area contributed by atoms with Crippen LogP contribution < -0.4 is 0 Å². The number of aryl methyl sites for hydroxylation is 1. The molecule has 1 aliphatic heterocycles. The van der Waals surface area contributed by atoms with E-state index < -0.39 is 0 Å². The van der Waals surface area contributed by atoms with Crippen LogP contribution in [0.25, 0.3) is 10.9 Å². The zero-order valence-electron chi connectivity index (χ0n) is 15.2. The number of carbonyl (C=O) groups is 2. The number of fused-ring (bicyclic) bond motifs is 1. The van der Waals surface area contributed by atoms with Crippen molar-refractivity contribution in [1.82, 2.24) is 9.88 Å². The summed E-state index contributed by atoms with van der Waals surface area (Å²) in [6.45, 7) is 3.92. The molecule has 1 amide bonds. The lowest BCUT2D eigenvalue weighted by atomic mass is 10.0. The Labute approximate surface area is 172 Å². The van der Waals surface area contributed by atoms with E-state index in [9.17, 15) is 9.59 Å². The fourth-order valence-electron chi connectivity index (χ4n) is 3.43. The number of nitrogens with zero attached hydrogens (tertiary/aromatic N) is 1. The number of aromatic nitrogens is 1. The van der Waals surface area contributed by atoms with Gasteiger partial charge >= 0.3 is 0 Å². The van der Waals surface area contributed by atoms with E-state index in [-0.39, 0.29) is 32.9 Å². The first-order valence-corrected chi connectivity index (χ1v) is 9.71. The molecule has 2 aromatic carbocycles. The number of ether oxygens (including phenoxy) is 1. The molecule has 0 bridgehead atoms. The Morgan fingerprint density at radius 3 is 2.57 bits per heavy atom. The van der Waals surface area contributed by atoms with Crippen LogP contribution in [0, 0.1) is 6.92 Å². The number of rotatable bonds is 3. The normalized spacial score (nSPS) is 14.5. The lowest BCUT2D eigenvalue weighted by Crippen LogP contribution is -2.40. The van der Waals surface area contributed by atoms with Crippen LogP contribution in [-0.4, -0.2) is 47.9 Å². The zero-order valence-corrected chi connectivity index (χ0v) is 16.7. The van der Waals surface area contributed by atoms with Gasteiger partial charge in [0.25, 0.3) is 5.91 Å². The second-order valence-electron chi connectivity index (χ2n) is 6.74. The van der Waals surface area contributed by atoms with Crippen molar-refractivity contribution in [2.45, 2.75) is 6.92 Å². The van der Waals surface area contributed by atoms with Crippen molar-refractivity contribution in [2.24, 2.45) is 0 Å². The van der Waals surface area contributed by atoms with Crippen LogP contribution >= 0.6 is 23.2 Å². The highest BCUT2D eigenvalue weighted by Gasteiger charge is 2.26. The van der Waals surface area contributed by atoms with Crippen LogP contribution in [0.3, 0.4) is 0 Å². The maximum atomic E-state index is 13.2. The Morgan fingerprint density at radius 2 is 1.86 bits per heavy atom. The molecular formula is C21H18Cl2N2O3. The van der Waals surface area contributed by atoms with E-state index in [0.29, 0.717) is 32.0 Å². The molecule has 0 atom stereocenters. The summed E-state index contributed by atoms with van der Waals surface area (Å²) in [6, 6.07) is 10.7. The predicted octanol–water partition coefficient (Wildman–Crippen LogP) is 4.49. The summed E-state index contributed by atoms with van der Waals surface area (Å²) in [5, 5.41) is 1.24. The van der Waals surface area contributed by atoms with E-state index in [1.807, 2.05) is 25.1 Å². The molecule has 2 heterocycles. The molecule has 0 aliphatic carbocycles. The molecule has 1 aromatic heterocycles. The number of carbonyl (C=O) groups excluding carboxylic acids is 2. The van der Waals surface area contributed by atoms with Crippen LogP contribution in [0.15, 0.2) is 36.4 Å². The van der Waals surface area contributed by atoms with Crippen molar-refractivity contribution in [2.75, 3.05) is 26.3 Å². The van der Waals surface area contributed by atoms with Crippen LogP contribution in [0.4, 0.5) is 0 Å². The van der Waals surface area contributed by atoms with Crippen LogP contribution in [0.1, 0.15) is 32.0 Å². The summed E-state index contributed by atoms with van der Waals surface area (Å²) < 4.78 is 5.29. The molecule has 1 N–H and O–H groups in total. The number of ketones is 1. The minimum Gasteiger partial charge on any atom is -0.378 e. The molecule has 0 unspecified atom stereocenters. The number of morpholine rings is 1. The second-order valence-corrected chi connectivity index (χ2v) is 7.52. The van der Waals surface area contributed by atoms with E-state index in [0.717, 1.165) is 16.5 Å². The first-order valence-electron chi connectivity index (χ1n) is 8.95. The molecule has 0 radical (unpaired) electrons. The van der Waals surface area contributed by atoms with Crippen LogP contribution in [0.2, 0.25) is 10.0 Å². The molecule has 5 nitrogen and oxygen atoms in total. The number of hydrogen-bond acceptors (Lipinski definition) is 3. The molecule has 1 fully saturated rings. The Morgan fingerprint density at radius 1 is 1.11 bits per heavy atom. The first-order chi connectivity index (χ1) is 13.5. The van der Waals surface area contributed by atoms with Crippen LogP contribution in [-0.2, 0) is 4.74 Å². The number of halogens is 2. The maximum Gasteiger partial charge on any atom is 0.255 e. The Hall–Kier alpha value is -2.34. The van der Waals surface area contributed by atoms with Crippen molar-refractivity contribution in [1.29, 1.82) is 0 Å². The third-order valence-electron chi connectivity index (χ3n) is 4.97. The van der Waals surface area contributed by atoms with Gasteiger partial charge in [0.2, 0.25) is 5.78 Å². The third kappa shape index (κ3) is 3.30. The van der Waals surface area contributed by atoms with E-state index in [2.05, 4.69) is 4.98 Å². The van der Waals surface area contributed by atoms with Gasteiger partial charge in [0, 0.05) is 24.0 Å². The average Bonchev–Trinajstić information content (AvgIpc) is 3.14. The van der Waals surface area contributed by atoms with Gasteiger partial charge in [-0.1, -0.05) is 35.3 Å². The Balaban J connectivity index is 1.75. The molecular weight excluding hydrogens is 399 g/mol. The third-order valence-corrected chi connectivity index (χ3v) is 5.68. The predicted molar refractivity (Wildman–Crippen MR) is 110 cm³/mol. The SMILES string of the molecule is Cc1cccc2[nH]c(C(=O)c3c(Cl)ccc(C(=O)N4CCOCC4)c3Cl)cc12. The average molecular weight is 417 g/mol. The standard InChI is InChI=1S/C21H18Cl2N2O3/c1-12-3-2-4-16-14(12)11-17(24-16)20(26)18-15(22)6-5-13(19(18)23)21(27)25-7-9-28-10-8-25/h2-6,11,24H,7-10H2,1H3. The fourth-order valence-corrected chi connectivity index (χ4v) is 4.05. The molecule has 0 saturated carbocycles. The van der Waals surface area contributed by atoms with Gasteiger partial charge in [-0.25, -0.2) is 0 Å². The van der Waals surface area contributed by atoms with Gasteiger partial charge in [0.05, 0.1) is 40.1 Å². The second kappa shape index (κ2) is 7.59. The summed E-state index contributed by atoms with van der Waals surface area (Å²) in [7, 11) is 0. The van der Waals surface area contributed by atoms with Crippen molar-refractivity contribution >= 4 is 45.8 Å². The number of aromatic amines is 1. The topological polar surface area (TPSA) is 62.4 Å².